The lowest BCUT2D eigenvalue weighted by Crippen LogP contribution is -2.48. The highest BCUT2D eigenvalue weighted by Gasteiger charge is 2.33. The topological polar surface area (TPSA) is 47.6 Å². The molecule has 1 amide bonds. The van der Waals surface area contributed by atoms with Gasteiger partial charge in [0.1, 0.15) is 5.60 Å². The van der Waals surface area contributed by atoms with E-state index in [0.717, 1.165) is 12.8 Å². The molecule has 130 valence electrons. The quantitative estimate of drug-likeness (QED) is 0.709. The van der Waals surface area contributed by atoms with Gasteiger partial charge in [-0.2, -0.15) is 0 Å². The summed E-state index contributed by atoms with van der Waals surface area (Å²) in [7, 11) is 0. The predicted molar refractivity (Wildman–Crippen MR) is 93.6 cm³/mol. The van der Waals surface area contributed by atoms with Crippen molar-refractivity contribution in [2.75, 3.05) is 11.9 Å². The van der Waals surface area contributed by atoms with E-state index in [1.807, 2.05) is 27.7 Å². The van der Waals surface area contributed by atoms with Crippen molar-refractivity contribution in [3.63, 3.8) is 0 Å². The van der Waals surface area contributed by atoms with Crippen LogP contribution in [0.3, 0.4) is 0 Å². The molecule has 1 aliphatic carbocycles. The number of amides is 1. The van der Waals surface area contributed by atoms with Gasteiger partial charge in [-0.05, 0) is 58.8 Å². The van der Waals surface area contributed by atoms with Crippen LogP contribution in [0.4, 0.5) is 4.79 Å². The Morgan fingerprint density at radius 2 is 1.77 bits per heavy atom. The van der Waals surface area contributed by atoms with Crippen LogP contribution in [-0.2, 0) is 9.47 Å². The molecular weight excluding hydrogens is 346 g/mol. The Kier molecular flexibility index (Phi) is 6.75. The number of rotatable bonds is 5. The van der Waals surface area contributed by atoms with Crippen molar-refractivity contribution in [2.24, 2.45) is 5.41 Å². The summed E-state index contributed by atoms with van der Waals surface area (Å²) in [5, 5.41) is 3.50. The highest BCUT2D eigenvalue weighted by molar-refractivity contribution is 9.09. The lowest BCUT2D eigenvalue weighted by atomic mass is 9.76. The van der Waals surface area contributed by atoms with Gasteiger partial charge in [-0.25, -0.2) is 4.79 Å². The lowest BCUT2D eigenvalue weighted by molar-refractivity contribution is -0.0897. The molecule has 4 nitrogen and oxygen atoms in total. The van der Waals surface area contributed by atoms with Crippen LogP contribution in [0.1, 0.15) is 67.2 Å². The minimum atomic E-state index is -0.481. The Bertz CT molecular complexity index is 369. The summed E-state index contributed by atoms with van der Waals surface area (Å²) in [6.07, 6.45) is 4.43. The molecule has 0 aliphatic heterocycles. The second-order valence-electron chi connectivity index (χ2n) is 8.42. The summed E-state index contributed by atoms with van der Waals surface area (Å²) in [5.41, 5.74) is -0.465. The third-order valence-corrected chi connectivity index (χ3v) is 5.21. The monoisotopic (exact) mass is 377 g/mol. The molecule has 0 aromatic rings. The first-order chi connectivity index (χ1) is 9.95. The zero-order valence-electron chi connectivity index (χ0n) is 14.9. The molecule has 1 aliphatic rings. The van der Waals surface area contributed by atoms with Gasteiger partial charge in [0, 0.05) is 5.33 Å². The summed E-state index contributed by atoms with van der Waals surface area (Å²) < 4.78 is 11.6. The van der Waals surface area contributed by atoms with Crippen molar-refractivity contribution in [1.82, 2.24) is 5.32 Å². The Hall–Kier alpha value is -0.290. The molecule has 1 N–H and O–H groups in total. The number of halogens is 1. The summed E-state index contributed by atoms with van der Waals surface area (Å²) in [6, 6.07) is 0. The molecule has 0 spiro atoms. The first-order valence-electron chi connectivity index (χ1n) is 8.15. The molecule has 1 atom stereocenters. The number of carbonyl (C=O) groups excluding carboxylic acids is 1. The summed E-state index contributed by atoms with van der Waals surface area (Å²) >= 11 is 3.52. The SMILES string of the molecule is CC1(C)CCC(OC(C)(CBr)CNC(=O)OC(C)(C)C)CC1. The Morgan fingerprint density at radius 1 is 1.23 bits per heavy atom. The molecule has 1 fully saturated rings. The van der Waals surface area contributed by atoms with E-state index in [1.165, 1.54) is 12.8 Å². The third kappa shape index (κ3) is 7.32. The van der Waals surface area contributed by atoms with Crippen LogP contribution < -0.4 is 5.32 Å². The van der Waals surface area contributed by atoms with Gasteiger partial charge in [0.05, 0.1) is 18.2 Å². The van der Waals surface area contributed by atoms with Crippen molar-refractivity contribution in [2.45, 2.75) is 84.5 Å². The van der Waals surface area contributed by atoms with Gasteiger partial charge in [-0.3, -0.25) is 0 Å². The highest BCUT2D eigenvalue weighted by atomic mass is 79.9. The molecule has 0 heterocycles. The first-order valence-corrected chi connectivity index (χ1v) is 9.28. The highest BCUT2D eigenvalue weighted by Crippen LogP contribution is 2.37. The molecule has 0 saturated heterocycles. The number of nitrogens with one attached hydrogen (secondary N) is 1. The van der Waals surface area contributed by atoms with Gasteiger partial charge in [0.2, 0.25) is 0 Å². The van der Waals surface area contributed by atoms with Crippen LogP contribution in [0.15, 0.2) is 0 Å². The van der Waals surface area contributed by atoms with E-state index in [4.69, 9.17) is 9.47 Å². The summed E-state index contributed by atoms with van der Waals surface area (Å²) in [6.45, 7) is 12.7. The number of hydrogen-bond acceptors (Lipinski definition) is 3. The van der Waals surface area contributed by atoms with Crippen molar-refractivity contribution >= 4 is 22.0 Å². The molecular formula is C17H32BrNO3. The number of hydrogen-bond donors (Lipinski definition) is 1. The maximum absolute atomic E-state index is 11.8. The van der Waals surface area contributed by atoms with Crippen molar-refractivity contribution in [3.05, 3.63) is 0 Å². The van der Waals surface area contributed by atoms with Crippen LogP contribution in [0.2, 0.25) is 0 Å². The van der Waals surface area contributed by atoms with Crippen LogP contribution >= 0.6 is 15.9 Å². The number of ether oxygens (including phenoxy) is 2. The van der Waals surface area contributed by atoms with Gasteiger partial charge in [0.25, 0.3) is 0 Å². The summed E-state index contributed by atoms with van der Waals surface area (Å²) in [4.78, 5) is 11.8. The van der Waals surface area contributed by atoms with Crippen LogP contribution in [0.5, 0.6) is 0 Å². The minimum Gasteiger partial charge on any atom is -0.444 e. The van der Waals surface area contributed by atoms with Crippen LogP contribution in [0.25, 0.3) is 0 Å². The molecule has 1 rings (SSSR count). The van der Waals surface area contributed by atoms with Gasteiger partial charge in [0.15, 0.2) is 0 Å². The standard InChI is InChI=1S/C17H32BrNO3/c1-15(2,3)22-14(20)19-12-17(6,11-18)21-13-7-9-16(4,5)10-8-13/h13H,7-12H2,1-6H3,(H,19,20). The van der Waals surface area contributed by atoms with Gasteiger partial charge in [-0.1, -0.05) is 29.8 Å². The van der Waals surface area contributed by atoms with Crippen molar-refractivity contribution in [1.29, 1.82) is 0 Å². The van der Waals surface area contributed by atoms with Crippen molar-refractivity contribution in [3.8, 4) is 0 Å². The van der Waals surface area contributed by atoms with E-state index < -0.39 is 17.3 Å². The fourth-order valence-electron chi connectivity index (χ4n) is 2.59. The zero-order chi connectivity index (χ0) is 17.0. The zero-order valence-corrected chi connectivity index (χ0v) is 16.5. The van der Waals surface area contributed by atoms with E-state index in [1.54, 1.807) is 0 Å². The molecule has 22 heavy (non-hydrogen) atoms. The van der Waals surface area contributed by atoms with Gasteiger partial charge < -0.3 is 14.8 Å². The number of alkyl carbamates (subject to hydrolysis) is 1. The summed E-state index contributed by atoms with van der Waals surface area (Å²) in [5.74, 6) is 0. The fraction of sp³-hybridized carbons (Fsp3) is 0.941. The third-order valence-electron chi connectivity index (χ3n) is 4.03. The minimum absolute atomic E-state index is 0.274. The average molecular weight is 378 g/mol. The lowest BCUT2D eigenvalue weighted by Gasteiger charge is -2.39. The van der Waals surface area contributed by atoms with E-state index in [2.05, 4.69) is 35.1 Å². The van der Waals surface area contributed by atoms with Gasteiger partial charge >= 0.3 is 6.09 Å². The Morgan fingerprint density at radius 3 is 2.23 bits per heavy atom. The Labute approximate surface area is 143 Å². The number of alkyl halides is 1. The fourth-order valence-corrected chi connectivity index (χ4v) is 2.92. The van der Waals surface area contributed by atoms with Crippen LogP contribution in [0, 0.1) is 5.41 Å². The molecule has 0 bridgehead atoms. The molecule has 5 heteroatoms. The van der Waals surface area contributed by atoms with E-state index in [9.17, 15) is 4.79 Å². The largest absolute Gasteiger partial charge is 0.444 e. The molecule has 0 aromatic carbocycles. The smallest absolute Gasteiger partial charge is 0.407 e. The average Bonchev–Trinajstić information content (AvgIpc) is 2.37. The maximum Gasteiger partial charge on any atom is 0.407 e. The second kappa shape index (κ2) is 7.52. The number of carbonyl (C=O) groups is 1. The van der Waals surface area contributed by atoms with Crippen LogP contribution in [-0.4, -0.2) is 35.3 Å². The normalized spacial score (nSPS) is 22.0. The Balaban J connectivity index is 2.46. The predicted octanol–water partition coefficient (Wildman–Crippen LogP) is 4.65. The second-order valence-corrected chi connectivity index (χ2v) is 8.98. The molecule has 0 aromatic heterocycles. The molecule has 1 saturated carbocycles. The van der Waals surface area contributed by atoms with E-state index in [0.29, 0.717) is 17.3 Å². The van der Waals surface area contributed by atoms with Crippen molar-refractivity contribution < 1.29 is 14.3 Å². The maximum atomic E-state index is 11.8. The van der Waals surface area contributed by atoms with Gasteiger partial charge in [-0.15, -0.1) is 0 Å². The molecule has 0 radical (unpaired) electrons. The van der Waals surface area contributed by atoms with E-state index in [-0.39, 0.29) is 6.10 Å². The first kappa shape index (κ1) is 19.8. The molecule has 1 unspecified atom stereocenters. The van der Waals surface area contributed by atoms with E-state index >= 15 is 0 Å².